The van der Waals surface area contributed by atoms with Crippen molar-refractivity contribution in [2.45, 2.75) is 18.6 Å². The van der Waals surface area contributed by atoms with Gasteiger partial charge in [-0.25, -0.2) is 4.98 Å². The van der Waals surface area contributed by atoms with Gasteiger partial charge < -0.3 is 4.90 Å². The van der Waals surface area contributed by atoms with Crippen molar-refractivity contribution < 1.29 is 4.79 Å². The zero-order valence-electron chi connectivity index (χ0n) is 9.94. The summed E-state index contributed by atoms with van der Waals surface area (Å²) in [5.41, 5.74) is 0.431. The van der Waals surface area contributed by atoms with Crippen molar-refractivity contribution in [3.63, 3.8) is 0 Å². The molecule has 0 N–H and O–H groups in total. The summed E-state index contributed by atoms with van der Waals surface area (Å²) in [5.74, 6) is 0.945. The second-order valence-corrected chi connectivity index (χ2v) is 6.87. The van der Waals surface area contributed by atoms with Crippen molar-refractivity contribution in [1.82, 2.24) is 9.88 Å². The summed E-state index contributed by atoms with van der Waals surface area (Å²) in [5, 5.41) is 0.362. The Kier molecular flexibility index (Phi) is 3.64. The Morgan fingerprint density at radius 3 is 2.94 bits per heavy atom. The summed E-state index contributed by atoms with van der Waals surface area (Å²) in [6.45, 7) is 5.84. The van der Waals surface area contributed by atoms with E-state index in [1.165, 1.54) is 0 Å². The molecule has 0 atom stereocenters. The lowest BCUT2D eigenvalue weighted by Gasteiger charge is -2.37. The standard InChI is InChI=1S/C12H15ClN2OS/c1-12(2)8-15(6-7-17-12)11(16)9-4-3-5-10(13)14-9/h3-5H,6-8H2,1-2H3. The molecule has 1 amide bonds. The monoisotopic (exact) mass is 270 g/mol. The molecule has 0 aromatic carbocycles. The van der Waals surface area contributed by atoms with Gasteiger partial charge in [0.25, 0.3) is 5.91 Å². The molecule has 1 aliphatic rings. The molecule has 1 aromatic rings. The average Bonchev–Trinajstić information content (AvgIpc) is 2.26. The van der Waals surface area contributed by atoms with Crippen molar-refractivity contribution in [3.8, 4) is 0 Å². The minimum absolute atomic E-state index is 0.0270. The Balaban J connectivity index is 2.15. The summed E-state index contributed by atoms with van der Waals surface area (Å²) < 4.78 is 0.118. The third-order valence-corrected chi connectivity index (χ3v) is 4.15. The minimum Gasteiger partial charge on any atom is -0.335 e. The Hall–Kier alpha value is -0.740. The van der Waals surface area contributed by atoms with Crippen LogP contribution in [0.4, 0.5) is 0 Å². The van der Waals surface area contributed by atoms with E-state index in [1.807, 2.05) is 16.7 Å². The van der Waals surface area contributed by atoms with E-state index in [0.29, 0.717) is 10.8 Å². The molecule has 0 saturated carbocycles. The summed E-state index contributed by atoms with van der Waals surface area (Å²) in [6, 6.07) is 5.14. The molecule has 2 heterocycles. The summed E-state index contributed by atoms with van der Waals surface area (Å²) >= 11 is 7.70. The van der Waals surface area contributed by atoms with Crippen LogP contribution >= 0.6 is 23.4 Å². The van der Waals surface area contributed by atoms with E-state index in [-0.39, 0.29) is 10.7 Å². The Morgan fingerprint density at radius 1 is 1.53 bits per heavy atom. The van der Waals surface area contributed by atoms with Gasteiger partial charge in [0.1, 0.15) is 10.8 Å². The lowest BCUT2D eigenvalue weighted by molar-refractivity contribution is 0.0742. The Bertz CT molecular complexity index is 436. The third kappa shape index (κ3) is 3.13. The van der Waals surface area contributed by atoms with E-state index in [4.69, 9.17) is 11.6 Å². The number of rotatable bonds is 1. The predicted octanol–water partition coefficient (Wildman–Crippen LogP) is 2.70. The maximum atomic E-state index is 12.2. The van der Waals surface area contributed by atoms with Crippen LogP contribution in [-0.4, -0.2) is 39.4 Å². The quantitative estimate of drug-likeness (QED) is 0.736. The maximum Gasteiger partial charge on any atom is 0.272 e. The molecular weight excluding hydrogens is 256 g/mol. The predicted molar refractivity (Wildman–Crippen MR) is 71.7 cm³/mol. The number of thioether (sulfide) groups is 1. The molecule has 0 radical (unpaired) electrons. The SMILES string of the molecule is CC1(C)CN(C(=O)c2cccc(Cl)n2)CCS1. The molecule has 17 heavy (non-hydrogen) atoms. The van der Waals surface area contributed by atoms with Crippen LogP contribution in [0, 0.1) is 0 Å². The van der Waals surface area contributed by atoms with Gasteiger partial charge in [-0.1, -0.05) is 17.7 Å². The van der Waals surface area contributed by atoms with Crippen LogP contribution in [0.1, 0.15) is 24.3 Å². The number of halogens is 1. The molecule has 0 bridgehead atoms. The molecule has 1 saturated heterocycles. The van der Waals surface area contributed by atoms with Crippen molar-refractivity contribution >= 4 is 29.3 Å². The molecular formula is C12H15ClN2OS. The lowest BCUT2D eigenvalue weighted by Crippen LogP contribution is -2.46. The van der Waals surface area contributed by atoms with Gasteiger partial charge in [0, 0.05) is 23.6 Å². The van der Waals surface area contributed by atoms with Gasteiger partial charge in [0.2, 0.25) is 0 Å². The first-order valence-electron chi connectivity index (χ1n) is 5.54. The number of amides is 1. The van der Waals surface area contributed by atoms with Crippen LogP contribution < -0.4 is 0 Å². The normalized spacial score (nSPS) is 19.1. The van der Waals surface area contributed by atoms with Gasteiger partial charge in [0.15, 0.2) is 0 Å². The Labute approximate surface area is 111 Å². The van der Waals surface area contributed by atoms with E-state index in [0.717, 1.165) is 18.8 Å². The number of hydrogen-bond donors (Lipinski definition) is 0. The highest BCUT2D eigenvalue weighted by Gasteiger charge is 2.30. The molecule has 0 spiro atoms. The van der Waals surface area contributed by atoms with Crippen LogP contribution in [0.5, 0.6) is 0 Å². The largest absolute Gasteiger partial charge is 0.335 e. The summed E-state index contributed by atoms with van der Waals surface area (Å²) in [7, 11) is 0. The van der Waals surface area contributed by atoms with Gasteiger partial charge >= 0.3 is 0 Å². The first-order valence-corrected chi connectivity index (χ1v) is 6.90. The van der Waals surface area contributed by atoms with Gasteiger partial charge in [-0.15, -0.1) is 0 Å². The van der Waals surface area contributed by atoms with Gasteiger partial charge in [-0.05, 0) is 26.0 Å². The number of pyridine rings is 1. The fraction of sp³-hybridized carbons (Fsp3) is 0.500. The van der Waals surface area contributed by atoms with Crippen LogP contribution in [0.15, 0.2) is 18.2 Å². The maximum absolute atomic E-state index is 12.2. The summed E-state index contributed by atoms with van der Waals surface area (Å²) in [6.07, 6.45) is 0. The molecule has 1 aromatic heterocycles. The highest BCUT2D eigenvalue weighted by Crippen LogP contribution is 2.30. The first kappa shape index (κ1) is 12.7. The minimum atomic E-state index is -0.0270. The Morgan fingerprint density at radius 2 is 2.29 bits per heavy atom. The van der Waals surface area contributed by atoms with E-state index in [2.05, 4.69) is 18.8 Å². The van der Waals surface area contributed by atoms with Crippen LogP contribution in [0.25, 0.3) is 0 Å². The highest BCUT2D eigenvalue weighted by molar-refractivity contribution is 8.00. The smallest absolute Gasteiger partial charge is 0.272 e. The summed E-state index contributed by atoms with van der Waals surface area (Å²) in [4.78, 5) is 18.2. The van der Waals surface area contributed by atoms with Crippen LogP contribution in [0.3, 0.4) is 0 Å². The fourth-order valence-corrected chi connectivity index (χ4v) is 3.15. The lowest BCUT2D eigenvalue weighted by atomic mass is 10.1. The molecule has 2 rings (SSSR count). The van der Waals surface area contributed by atoms with E-state index < -0.39 is 0 Å². The van der Waals surface area contributed by atoms with Gasteiger partial charge in [0.05, 0.1) is 0 Å². The average molecular weight is 271 g/mol. The topological polar surface area (TPSA) is 33.2 Å². The number of carbonyl (C=O) groups is 1. The van der Waals surface area contributed by atoms with Crippen molar-refractivity contribution in [2.75, 3.05) is 18.8 Å². The van der Waals surface area contributed by atoms with Crippen LogP contribution in [0.2, 0.25) is 5.15 Å². The van der Waals surface area contributed by atoms with Crippen molar-refractivity contribution in [3.05, 3.63) is 29.0 Å². The molecule has 92 valence electrons. The number of hydrogen-bond acceptors (Lipinski definition) is 3. The zero-order valence-corrected chi connectivity index (χ0v) is 11.5. The van der Waals surface area contributed by atoms with Crippen molar-refractivity contribution in [2.24, 2.45) is 0 Å². The van der Waals surface area contributed by atoms with E-state index >= 15 is 0 Å². The molecule has 0 unspecified atom stereocenters. The van der Waals surface area contributed by atoms with Gasteiger partial charge in [-0.3, -0.25) is 4.79 Å². The second kappa shape index (κ2) is 4.86. The third-order valence-electron chi connectivity index (χ3n) is 2.65. The van der Waals surface area contributed by atoms with Crippen LogP contribution in [-0.2, 0) is 0 Å². The number of carbonyl (C=O) groups excluding carboxylic acids is 1. The van der Waals surface area contributed by atoms with Crippen molar-refractivity contribution in [1.29, 1.82) is 0 Å². The number of nitrogens with zero attached hydrogens (tertiary/aromatic N) is 2. The second-order valence-electron chi connectivity index (χ2n) is 4.68. The number of aromatic nitrogens is 1. The van der Waals surface area contributed by atoms with Gasteiger partial charge in [-0.2, -0.15) is 11.8 Å². The molecule has 1 fully saturated rings. The highest BCUT2D eigenvalue weighted by atomic mass is 35.5. The molecule has 1 aliphatic heterocycles. The van der Waals surface area contributed by atoms with E-state index in [1.54, 1.807) is 18.2 Å². The molecule has 0 aliphatic carbocycles. The molecule has 3 nitrogen and oxygen atoms in total. The fourth-order valence-electron chi connectivity index (χ4n) is 1.88. The first-order chi connectivity index (χ1) is 7.98. The zero-order chi connectivity index (χ0) is 12.5. The van der Waals surface area contributed by atoms with E-state index in [9.17, 15) is 4.79 Å². The molecule has 5 heteroatoms.